The van der Waals surface area contributed by atoms with Crippen molar-refractivity contribution in [2.24, 2.45) is 0 Å². The molecule has 1 aliphatic heterocycles. The summed E-state index contributed by atoms with van der Waals surface area (Å²) in [5, 5.41) is 10.6. The van der Waals surface area contributed by atoms with Gasteiger partial charge in [0.1, 0.15) is 5.82 Å². The maximum absolute atomic E-state index is 11.6. The number of hydrogen-bond donors (Lipinski definition) is 2. The molecule has 0 saturated carbocycles. The number of nitrogens with zero attached hydrogens (tertiary/aromatic N) is 3. The van der Waals surface area contributed by atoms with Gasteiger partial charge in [0.2, 0.25) is 11.9 Å². The summed E-state index contributed by atoms with van der Waals surface area (Å²) in [7, 11) is 0. The Morgan fingerprint density at radius 3 is 3.00 bits per heavy atom. The Hall–Kier alpha value is -2.08. The fourth-order valence-electron chi connectivity index (χ4n) is 2.16. The van der Waals surface area contributed by atoms with Gasteiger partial charge in [0.05, 0.1) is 17.3 Å². The molecule has 1 amide bonds. The van der Waals surface area contributed by atoms with E-state index < -0.39 is 0 Å². The molecule has 0 radical (unpaired) electrons. The summed E-state index contributed by atoms with van der Waals surface area (Å²) in [6.07, 6.45) is 1.54. The van der Waals surface area contributed by atoms with Gasteiger partial charge in [0.25, 0.3) is 0 Å². The standard InChI is InChI=1S/C13H14ClN5O/c14-9-4-1-2-5-10(9)15-13-16-11(17-18-13)8-19-7-3-6-12(19)20/h1-2,4-5H,3,6-8H2,(H2,15,16,17,18). The number of H-pyrrole nitrogens is 1. The second kappa shape index (κ2) is 5.50. The van der Waals surface area contributed by atoms with Crippen molar-refractivity contribution in [1.82, 2.24) is 20.1 Å². The molecule has 1 saturated heterocycles. The van der Waals surface area contributed by atoms with Crippen LogP contribution in [0, 0.1) is 0 Å². The SMILES string of the molecule is O=C1CCCN1Cc1nc(Nc2ccccc2Cl)n[nH]1. The van der Waals surface area contributed by atoms with E-state index in [0.29, 0.717) is 29.8 Å². The third-order valence-corrected chi connectivity index (χ3v) is 3.49. The van der Waals surface area contributed by atoms with Gasteiger partial charge >= 0.3 is 0 Å². The maximum Gasteiger partial charge on any atom is 0.246 e. The molecule has 1 aromatic heterocycles. The lowest BCUT2D eigenvalue weighted by Crippen LogP contribution is -2.24. The van der Waals surface area contributed by atoms with Gasteiger partial charge < -0.3 is 10.2 Å². The van der Waals surface area contributed by atoms with Crippen molar-refractivity contribution in [3.63, 3.8) is 0 Å². The number of benzene rings is 1. The molecule has 2 N–H and O–H groups in total. The van der Waals surface area contributed by atoms with Gasteiger partial charge in [-0.25, -0.2) is 0 Å². The third kappa shape index (κ3) is 2.75. The van der Waals surface area contributed by atoms with Crippen LogP contribution in [-0.2, 0) is 11.3 Å². The van der Waals surface area contributed by atoms with Crippen molar-refractivity contribution in [2.75, 3.05) is 11.9 Å². The Morgan fingerprint density at radius 2 is 2.25 bits per heavy atom. The molecule has 0 aliphatic carbocycles. The summed E-state index contributed by atoms with van der Waals surface area (Å²) < 4.78 is 0. The number of hydrogen-bond acceptors (Lipinski definition) is 4. The second-order valence-electron chi connectivity index (χ2n) is 4.63. The molecule has 0 unspecified atom stereocenters. The monoisotopic (exact) mass is 291 g/mol. The maximum atomic E-state index is 11.6. The molecule has 20 heavy (non-hydrogen) atoms. The lowest BCUT2D eigenvalue weighted by molar-refractivity contribution is -0.128. The van der Waals surface area contributed by atoms with Gasteiger partial charge in [0, 0.05) is 13.0 Å². The number of carbonyl (C=O) groups excluding carboxylic acids is 1. The van der Waals surface area contributed by atoms with E-state index in [1.807, 2.05) is 18.2 Å². The van der Waals surface area contributed by atoms with Crippen LogP contribution < -0.4 is 5.32 Å². The lowest BCUT2D eigenvalue weighted by Gasteiger charge is -2.12. The summed E-state index contributed by atoms with van der Waals surface area (Å²) >= 11 is 6.06. The van der Waals surface area contributed by atoms with E-state index in [-0.39, 0.29) is 5.91 Å². The molecule has 6 nitrogen and oxygen atoms in total. The Balaban J connectivity index is 1.68. The minimum absolute atomic E-state index is 0.169. The van der Waals surface area contributed by atoms with Crippen LogP contribution in [0.2, 0.25) is 5.02 Å². The Morgan fingerprint density at radius 1 is 1.40 bits per heavy atom. The Bertz CT molecular complexity index is 627. The first kappa shape index (κ1) is 12.9. The van der Waals surface area contributed by atoms with E-state index in [9.17, 15) is 4.79 Å². The van der Waals surface area contributed by atoms with E-state index >= 15 is 0 Å². The van der Waals surface area contributed by atoms with Crippen LogP contribution in [0.3, 0.4) is 0 Å². The number of halogens is 1. The number of aromatic amines is 1. The summed E-state index contributed by atoms with van der Waals surface area (Å²) in [6, 6.07) is 7.38. The van der Waals surface area contributed by atoms with Crippen LogP contribution >= 0.6 is 11.6 Å². The number of aromatic nitrogens is 3. The van der Waals surface area contributed by atoms with E-state index in [1.165, 1.54) is 0 Å². The lowest BCUT2D eigenvalue weighted by atomic mass is 10.3. The smallest absolute Gasteiger partial charge is 0.246 e. The summed E-state index contributed by atoms with van der Waals surface area (Å²) in [6.45, 7) is 1.25. The fraction of sp³-hybridized carbons (Fsp3) is 0.308. The molecule has 1 fully saturated rings. The second-order valence-corrected chi connectivity index (χ2v) is 5.04. The number of nitrogens with one attached hydrogen (secondary N) is 2. The normalized spacial score (nSPS) is 14.8. The van der Waals surface area contributed by atoms with Gasteiger partial charge in [0.15, 0.2) is 0 Å². The number of anilines is 2. The average Bonchev–Trinajstić information content (AvgIpc) is 3.03. The number of carbonyl (C=O) groups is 1. The Kier molecular flexibility index (Phi) is 3.56. The van der Waals surface area contributed by atoms with Crippen LogP contribution in [0.1, 0.15) is 18.7 Å². The van der Waals surface area contributed by atoms with Crippen LogP contribution in [0.15, 0.2) is 24.3 Å². The first-order valence-electron chi connectivity index (χ1n) is 6.43. The van der Waals surface area contributed by atoms with Gasteiger partial charge in [-0.15, -0.1) is 5.10 Å². The van der Waals surface area contributed by atoms with E-state index in [1.54, 1.807) is 11.0 Å². The topological polar surface area (TPSA) is 73.9 Å². The molecule has 0 bridgehead atoms. The first-order chi connectivity index (χ1) is 9.72. The van der Waals surface area contributed by atoms with Crippen molar-refractivity contribution in [2.45, 2.75) is 19.4 Å². The van der Waals surface area contributed by atoms with Crippen molar-refractivity contribution in [3.8, 4) is 0 Å². The molecular formula is C13H14ClN5O. The van der Waals surface area contributed by atoms with Crippen molar-refractivity contribution < 1.29 is 4.79 Å². The fourth-order valence-corrected chi connectivity index (χ4v) is 2.34. The predicted octanol–water partition coefficient (Wildman–Crippen LogP) is 2.32. The number of likely N-dealkylation sites (tertiary alicyclic amines) is 1. The molecule has 1 aromatic carbocycles. The van der Waals surface area contributed by atoms with E-state index in [0.717, 1.165) is 18.7 Å². The molecule has 0 spiro atoms. The number of rotatable bonds is 4. The van der Waals surface area contributed by atoms with E-state index in [4.69, 9.17) is 11.6 Å². The van der Waals surface area contributed by atoms with Gasteiger partial charge in [-0.3, -0.25) is 9.89 Å². The largest absolute Gasteiger partial charge is 0.335 e. The highest BCUT2D eigenvalue weighted by Crippen LogP contribution is 2.23. The molecular weight excluding hydrogens is 278 g/mol. The molecule has 1 aliphatic rings. The minimum Gasteiger partial charge on any atom is -0.335 e. The number of para-hydroxylation sites is 1. The summed E-state index contributed by atoms with van der Waals surface area (Å²) in [5.41, 5.74) is 0.747. The predicted molar refractivity (Wildman–Crippen MR) is 75.8 cm³/mol. The highest BCUT2D eigenvalue weighted by atomic mass is 35.5. The van der Waals surface area contributed by atoms with Crippen LogP contribution in [0.25, 0.3) is 0 Å². The van der Waals surface area contributed by atoms with Gasteiger partial charge in [-0.2, -0.15) is 4.98 Å². The highest BCUT2D eigenvalue weighted by molar-refractivity contribution is 6.33. The first-order valence-corrected chi connectivity index (χ1v) is 6.81. The quantitative estimate of drug-likeness (QED) is 0.906. The molecule has 2 heterocycles. The van der Waals surface area contributed by atoms with Crippen LogP contribution in [0.5, 0.6) is 0 Å². The van der Waals surface area contributed by atoms with E-state index in [2.05, 4.69) is 20.5 Å². The zero-order valence-electron chi connectivity index (χ0n) is 10.8. The van der Waals surface area contributed by atoms with Crippen LogP contribution in [-0.4, -0.2) is 32.5 Å². The Labute approximate surface area is 121 Å². The van der Waals surface area contributed by atoms with Gasteiger partial charge in [-0.05, 0) is 18.6 Å². The molecule has 7 heteroatoms. The number of amides is 1. The van der Waals surface area contributed by atoms with Gasteiger partial charge in [-0.1, -0.05) is 23.7 Å². The summed E-state index contributed by atoms with van der Waals surface area (Å²) in [5.74, 6) is 1.27. The zero-order chi connectivity index (χ0) is 13.9. The molecule has 2 aromatic rings. The average molecular weight is 292 g/mol. The molecule has 0 atom stereocenters. The summed E-state index contributed by atoms with van der Waals surface area (Å²) in [4.78, 5) is 17.6. The third-order valence-electron chi connectivity index (χ3n) is 3.16. The minimum atomic E-state index is 0.169. The van der Waals surface area contributed by atoms with Crippen molar-refractivity contribution in [3.05, 3.63) is 35.1 Å². The molecule has 3 rings (SSSR count). The van der Waals surface area contributed by atoms with Crippen molar-refractivity contribution in [1.29, 1.82) is 0 Å². The van der Waals surface area contributed by atoms with Crippen LogP contribution in [0.4, 0.5) is 11.6 Å². The highest BCUT2D eigenvalue weighted by Gasteiger charge is 2.21. The molecule has 104 valence electrons. The zero-order valence-corrected chi connectivity index (χ0v) is 11.5. The van der Waals surface area contributed by atoms with Crippen molar-refractivity contribution >= 4 is 29.1 Å².